The number of thiocarbonyl (C=S) groups is 6. The summed E-state index contributed by atoms with van der Waals surface area (Å²) in [7, 11) is 0. The van der Waals surface area contributed by atoms with E-state index in [9.17, 15) is 0 Å². The Morgan fingerprint density at radius 2 is 0.211 bits per heavy atom. The molecule has 0 aliphatic heterocycles. The molecule has 0 saturated carbocycles. The zero-order chi connectivity index (χ0) is 97.8. The molecule has 0 rings (SSSR count). The van der Waals surface area contributed by atoms with E-state index in [2.05, 4.69) is 146 Å². The van der Waals surface area contributed by atoms with Gasteiger partial charge in [0.15, 0.2) is 0 Å². The number of rotatable bonds is 96. The quantitative estimate of drug-likeness (QED) is 0.0115. The fraction of sp³-hybridized carbons (Fsp3) is 0.842. The molecule has 0 aromatic heterocycles. The van der Waals surface area contributed by atoms with Crippen LogP contribution in [0, 0.1) is 0 Å². The Kier molecular flexibility index (Phi) is 156. The van der Waals surface area contributed by atoms with Crippen molar-refractivity contribution in [3.63, 3.8) is 0 Å². The molecule has 0 amide bonds. The van der Waals surface area contributed by atoms with Crippen LogP contribution in [0.1, 0.15) is 581 Å². The Labute approximate surface area is 912 Å². The van der Waals surface area contributed by atoms with Crippen LogP contribution in [0.15, 0.2) is 72.9 Å². The predicted molar refractivity (Wildman–Crippen MR) is 645 cm³/mol. The molecule has 786 valence electrons. The number of unbranched alkanes of at least 4 members (excludes halogenated alkanes) is 72. The molecule has 6 nitrogen and oxygen atoms in total. The van der Waals surface area contributed by atoms with Crippen molar-refractivity contribution in [3.8, 4) is 0 Å². The van der Waals surface area contributed by atoms with Crippen molar-refractivity contribution in [2.24, 2.45) is 0 Å². The van der Waals surface area contributed by atoms with Crippen LogP contribution in [0.4, 0.5) is 0 Å². The van der Waals surface area contributed by atoms with Crippen molar-refractivity contribution in [2.75, 3.05) is 39.3 Å². The van der Waals surface area contributed by atoms with Gasteiger partial charge in [-0.05, 0) is 193 Å². The van der Waals surface area contributed by atoms with Crippen molar-refractivity contribution >= 4 is 175 Å². The molecule has 0 spiro atoms. The molecular formula is C114H216MoN6S12-6. The molecule has 0 fully saturated rings. The van der Waals surface area contributed by atoms with Gasteiger partial charge >= 0.3 is 0 Å². The SMILES string of the molecule is CCCCCCCC/C=C\CCCCCCCCNC(=S)[S-].CCCCCCCC/C=C\CCCCCCCCNC(=S)[S-].CCCCCCCC/C=C\CCCCCCCCNC(=S)[S-].CCCCCCCC/C=C\CCCCCCCCNC(=S)[S-].CCCCCCCC/C=C\CCCCCCCCNC(=S)[S-].CCCCCCCC/C=C\CCCCCCCCNC(=S)[S-].[Mo]. The Balaban J connectivity index is -0.000000286. The summed E-state index contributed by atoms with van der Waals surface area (Å²) in [6, 6.07) is 0. The molecular weight excluding hydrogens is 1930 g/mol. The standard InChI is InChI=1S/6C19H37NS2.Mo/c6*1-2-3-4-5-6-7-8-9-10-11-12-13-14-15-16-17-18-20-19(21)22;/h6*9-10H,2-8,11-18H2,1H3,(H2,20,21,22);/p-6/b6*10-9-;. The summed E-state index contributed by atoms with van der Waals surface area (Å²) in [4.78, 5) is 0. The van der Waals surface area contributed by atoms with Gasteiger partial charge in [0.1, 0.15) is 0 Å². The van der Waals surface area contributed by atoms with E-state index >= 15 is 0 Å². The van der Waals surface area contributed by atoms with Gasteiger partial charge in [-0.1, -0.05) is 487 Å². The zero-order valence-corrected chi connectivity index (χ0v) is 99.7. The van der Waals surface area contributed by atoms with E-state index in [1.54, 1.807) is 0 Å². The van der Waals surface area contributed by atoms with E-state index in [0.29, 0.717) is 25.9 Å². The second-order valence-electron chi connectivity index (χ2n) is 36.9. The van der Waals surface area contributed by atoms with E-state index in [1.165, 1.54) is 539 Å². The molecule has 0 aliphatic carbocycles. The monoisotopic (exact) mass is 2150 g/mol. The minimum Gasteiger partial charge on any atom is -0.412 e. The average molecular weight is 2150 g/mol. The first-order valence-corrected chi connectivity index (χ1v) is 61.1. The molecule has 0 aromatic rings. The molecule has 0 heterocycles. The second-order valence-corrected chi connectivity index (χ2v) is 43.4. The molecule has 0 atom stereocenters. The van der Waals surface area contributed by atoms with Crippen LogP contribution in [0.2, 0.25) is 0 Å². The first-order valence-electron chi connectivity index (χ1n) is 56.2. The summed E-state index contributed by atoms with van der Waals surface area (Å²) in [5.74, 6) is 0. The molecule has 0 saturated heterocycles. The van der Waals surface area contributed by atoms with Crippen LogP contribution in [0.25, 0.3) is 0 Å². The van der Waals surface area contributed by atoms with Gasteiger partial charge in [0.2, 0.25) is 0 Å². The minimum atomic E-state index is 0. The maximum atomic E-state index is 4.80. The summed E-state index contributed by atoms with van der Waals surface area (Å²) in [5, 5.41) is 18.2. The number of allylic oxidation sites excluding steroid dienone is 12. The van der Waals surface area contributed by atoms with Gasteiger partial charge in [0.05, 0.1) is 0 Å². The first-order chi connectivity index (χ1) is 64.6. The van der Waals surface area contributed by atoms with Crippen LogP contribution in [0.3, 0.4) is 0 Å². The van der Waals surface area contributed by atoms with Gasteiger partial charge in [-0.25, -0.2) is 0 Å². The van der Waals surface area contributed by atoms with Gasteiger partial charge in [-0.2, -0.15) is 0 Å². The molecule has 0 unspecified atom stereocenters. The van der Waals surface area contributed by atoms with E-state index in [0.717, 1.165) is 39.3 Å². The normalized spacial score (nSPS) is 11.1. The van der Waals surface area contributed by atoms with Gasteiger partial charge in [-0.15, -0.1) is 0 Å². The fourth-order valence-corrected chi connectivity index (χ4v) is 16.6. The predicted octanol–water partition coefficient (Wildman–Crippen LogP) is 38.7. The Bertz CT molecular complexity index is 2010. The van der Waals surface area contributed by atoms with E-state index in [1.807, 2.05) is 0 Å². The largest absolute Gasteiger partial charge is 0.412 e. The maximum Gasteiger partial charge on any atom is 0.0132 e. The number of hydrogen-bond donors (Lipinski definition) is 6. The zero-order valence-electron chi connectivity index (χ0n) is 87.9. The number of hydrogen-bond acceptors (Lipinski definition) is 12. The van der Waals surface area contributed by atoms with E-state index in [4.69, 9.17) is 149 Å². The molecule has 19 heteroatoms. The van der Waals surface area contributed by atoms with Crippen molar-refractivity contribution in [2.45, 2.75) is 581 Å². The van der Waals surface area contributed by atoms with Crippen LogP contribution in [0.5, 0.6) is 0 Å². The topological polar surface area (TPSA) is 72.2 Å². The molecule has 0 aliphatic rings. The third kappa shape index (κ3) is 171. The first kappa shape index (κ1) is 146. The third-order valence-corrected chi connectivity index (χ3v) is 25.5. The Hall–Kier alpha value is -0.212. The Morgan fingerprint density at radius 1 is 0.135 bits per heavy atom. The molecule has 0 bridgehead atoms. The molecule has 0 radical (unpaired) electrons. The fourth-order valence-electron chi connectivity index (χ4n) is 15.4. The van der Waals surface area contributed by atoms with Gasteiger partial charge in [-0.3, -0.25) is 0 Å². The van der Waals surface area contributed by atoms with Crippen molar-refractivity contribution in [1.82, 2.24) is 31.9 Å². The van der Waals surface area contributed by atoms with E-state index in [-0.39, 0.29) is 21.1 Å². The molecule has 0 aromatic carbocycles. The minimum absolute atomic E-state index is 0. The van der Waals surface area contributed by atoms with Crippen molar-refractivity contribution < 1.29 is 21.1 Å². The number of nitrogens with one attached hydrogen (secondary N) is 6. The Morgan fingerprint density at radius 3 is 0.293 bits per heavy atom. The summed E-state index contributed by atoms with van der Waals surface area (Å²) >= 11 is 57.6. The van der Waals surface area contributed by atoms with Crippen LogP contribution >= 0.6 is 73.3 Å². The molecule has 6 N–H and O–H groups in total. The summed E-state index contributed by atoms with van der Waals surface area (Å²) in [5.41, 5.74) is 0. The second kappa shape index (κ2) is 142. The van der Waals surface area contributed by atoms with Gasteiger partial charge in [0, 0.05) is 60.3 Å². The average Bonchev–Trinajstić information content (AvgIpc) is 1.10. The van der Waals surface area contributed by atoms with Crippen LogP contribution in [-0.2, 0) is 96.8 Å². The summed E-state index contributed by atoms with van der Waals surface area (Å²) in [6.45, 7) is 19.3. The van der Waals surface area contributed by atoms with Crippen LogP contribution < -0.4 is 31.9 Å². The summed E-state index contributed by atoms with van der Waals surface area (Å²) in [6.07, 6.45) is 142. The third-order valence-electron chi connectivity index (χ3n) is 23.7. The smallest absolute Gasteiger partial charge is 0.0132 e. The van der Waals surface area contributed by atoms with Crippen LogP contribution in [-0.4, -0.2) is 65.2 Å². The van der Waals surface area contributed by atoms with Gasteiger partial charge in [0.25, 0.3) is 0 Å². The van der Waals surface area contributed by atoms with Crippen molar-refractivity contribution in [3.05, 3.63) is 72.9 Å². The van der Waals surface area contributed by atoms with Crippen molar-refractivity contribution in [1.29, 1.82) is 0 Å². The molecule has 133 heavy (non-hydrogen) atoms. The maximum absolute atomic E-state index is 4.80. The van der Waals surface area contributed by atoms with E-state index < -0.39 is 0 Å². The van der Waals surface area contributed by atoms with Gasteiger partial charge < -0.3 is 181 Å². The summed E-state index contributed by atoms with van der Waals surface area (Å²) < 4.78 is 3.04.